The van der Waals surface area contributed by atoms with Gasteiger partial charge in [-0.25, -0.2) is 8.42 Å². The topological polar surface area (TPSA) is 75.3 Å². The molecule has 9 heteroatoms. The first-order valence-corrected chi connectivity index (χ1v) is 10.3. The van der Waals surface area contributed by atoms with Crippen molar-refractivity contribution in [2.45, 2.75) is 24.0 Å². The normalized spacial score (nSPS) is 16.2. The number of sulfone groups is 1. The van der Waals surface area contributed by atoms with Gasteiger partial charge in [0.2, 0.25) is 9.84 Å². The second-order valence-electron chi connectivity index (χ2n) is 6.43. The van der Waals surface area contributed by atoms with Crippen LogP contribution in [0.1, 0.15) is 33.1 Å². The molecule has 2 N–H and O–H groups in total. The van der Waals surface area contributed by atoms with Crippen LogP contribution in [0.2, 0.25) is 0 Å². The molecule has 5 nitrogen and oxygen atoms in total. The van der Waals surface area contributed by atoms with Crippen LogP contribution in [0.5, 0.6) is 0 Å². The van der Waals surface area contributed by atoms with Crippen LogP contribution in [0.15, 0.2) is 48.5 Å². The van der Waals surface area contributed by atoms with Gasteiger partial charge in [-0.15, -0.1) is 12.4 Å². The second-order valence-corrected chi connectivity index (χ2v) is 8.40. The molecule has 0 spiro atoms. The van der Waals surface area contributed by atoms with Gasteiger partial charge in [-0.05, 0) is 41.8 Å². The van der Waals surface area contributed by atoms with Crippen molar-refractivity contribution in [1.82, 2.24) is 10.6 Å². The van der Waals surface area contributed by atoms with Crippen molar-refractivity contribution in [2.24, 2.45) is 0 Å². The number of benzene rings is 2. The van der Waals surface area contributed by atoms with E-state index in [9.17, 15) is 22.0 Å². The van der Waals surface area contributed by atoms with Gasteiger partial charge in [-0.1, -0.05) is 36.4 Å². The summed E-state index contributed by atoms with van der Waals surface area (Å²) in [6, 6.07) is 13.7. The van der Waals surface area contributed by atoms with E-state index < -0.39 is 21.3 Å². The SMILES string of the molecule is Cl.O=C(NCC1NCCc2ccccc21)c1ccc(CS(=O)(=O)C(F)F)cc1. The van der Waals surface area contributed by atoms with Crippen molar-refractivity contribution in [2.75, 3.05) is 13.1 Å². The minimum atomic E-state index is -4.48. The van der Waals surface area contributed by atoms with Crippen LogP contribution in [0, 0.1) is 0 Å². The third-order valence-corrected chi connectivity index (χ3v) is 5.82. The molecule has 0 fully saturated rings. The summed E-state index contributed by atoms with van der Waals surface area (Å²) >= 11 is 0. The van der Waals surface area contributed by atoms with Gasteiger partial charge >= 0.3 is 5.76 Å². The van der Waals surface area contributed by atoms with Crippen LogP contribution >= 0.6 is 12.4 Å². The Hall–Kier alpha value is -2.03. The van der Waals surface area contributed by atoms with Gasteiger partial charge in [0.15, 0.2) is 0 Å². The number of carbonyl (C=O) groups is 1. The molecular weight excluding hydrogens is 410 g/mol. The summed E-state index contributed by atoms with van der Waals surface area (Å²) in [7, 11) is -4.48. The number of amides is 1. The van der Waals surface area contributed by atoms with Gasteiger partial charge in [0.05, 0.1) is 5.75 Å². The van der Waals surface area contributed by atoms with E-state index in [-0.39, 0.29) is 29.9 Å². The molecule has 0 saturated carbocycles. The van der Waals surface area contributed by atoms with Crippen molar-refractivity contribution < 1.29 is 22.0 Å². The van der Waals surface area contributed by atoms with Gasteiger partial charge in [0.1, 0.15) is 0 Å². The number of alkyl halides is 2. The molecule has 0 radical (unpaired) electrons. The first-order chi connectivity index (χ1) is 12.9. The molecule has 152 valence electrons. The summed E-state index contributed by atoms with van der Waals surface area (Å²) in [6.07, 6.45) is 0.948. The fourth-order valence-electron chi connectivity index (χ4n) is 3.12. The largest absolute Gasteiger partial charge is 0.350 e. The molecule has 1 aliphatic rings. The van der Waals surface area contributed by atoms with E-state index in [0.29, 0.717) is 12.1 Å². The van der Waals surface area contributed by atoms with Crippen LogP contribution in [0.3, 0.4) is 0 Å². The number of hydrogen-bond acceptors (Lipinski definition) is 4. The zero-order valence-electron chi connectivity index (χ0n) is 14.9. The third kappa shape index (κ3) is 5.27. The lowest BCUT2D eigenvalue weighted by Crippen LogP contribution is -2.38. The van der Waals surface area contributed by atoms with E-state index in [1.807, 2.05) is 18.2 Å². The Morgan fingerprint density at radius 3 is 2.50 bits per heavy atom. The molecule has 3 rings (SSSR count). The van der Waals surface area contributed by atoms with Crippen LogP contribution in [-0.4, -0.2) is 33.2 Å². The third-order valence-electron chi connectivity index (χ3n) is 4.54. The van der Waals surface area contributed by atoms with Gasteiger partial charge in [0.25, 0.3) is 5.91 Å². The fraction of sp³-hybridized carbons (Fsp3) is 0.316. The smallest absolute Gasteiger partial charge is 0.337 e. The predicted octanol–water partition coefficient (Wildman–Crippen LogP) is 2.86. The molecule has 1 atom stereocenters. The minimum Gasteiger partial charge on any atom is -0.350 e. The Morgan fingerprint density at radius 2 is 1.82 bits per heavy atom. The summed E-state index contributed by atoms with van der Waals surface area (Å²) < 4.78 is 47.4. The zero-order chi connectivity index (χ0) is 19.4. The highest BCUT2D eigenvalue weighted by molar-refractivity contribution is 7.90. The van der Waals surface area contributed by atoms with E-state index in [0.717, 1.165) is 18.5 Å². The maximum atomic E-state index is 12.4. The number of fused-ring (bicyclic) bond motifs is 1. The molecule has 0 aromatic heterocycles. The van der Waals surface area contributed by atoms with Crippen LogP contribution in [-0.2, 0) is 22.0 Å². The summed E-state index contributed by atoms with van der Waals surface area (Å²) in [5.74, 6) is -4.47. The standard InChI is InChI=1S/C19H20F2N2O3S.ClH/c20-19(21)27(25,26)12-13-5-7-15(8-6-13)18(24)23-11-17-16-4-2-1-3-14(16)9-10-22-17;/h1-8,17,19,22H,9-12H2,(H,23,24);1H. The fourth-order valence-corrected chi connectivity index (χ4v) is 3.90. The van der Waals surface area contributed by atoms with Crippen molar-refractivity contribution in [3.8, 4) is 0 Å². The summed E-state index contributed by atoms with van der Waals surface area (Å²) in [6.45, 7) is 1.25. The highest BCUT2D eigenvalue weighted by atomic mass is 35.5. The highest BCUT2D eigenvalue weighted by Gasteiger charge is 2.24. The zero-order valence-corrected chi connectivity index (χ0v) is 16.5. The number of carbonyl (C=O) groups excluding carboxylic acids is 1. The molecule has 1 unspecified atom stereocenters. The van der Waals surface area contributed by atoms with E-state index >= 15 is 0 Å². The molecule has 1 amide bonds. The molecule has 2 aromatic rings. The number of nitrogens with one attached hydrogen (secondary N) is 2. The van der Waals surface area contributed by atoms with Gasteiger partial charge in [0, 0.05) is 18.2 Å². The number of rotatable bonds is 6. The molecular formula is C19H21ClF2N2O3S. The predicted molar refractivity (Wildman–Crippen MR) is 106 cm³/mol. The average Bonchev–Trinajstić information content (AvgIpc) is 2.66. The van der Waals surface area contributed by atoms with Crippen molar-refractivity contribution >= 4 is 28.2 Å². The first-order valence-electron chi connectivity index (χ1n) is 8.55. The summed E-state index contributed by atoms with van der Waals surface area (Å²) in [5.41, 5.74) is 2.99. The highest BCUT2D eigenvalue weighted by Crippen LogP contribution is 2.22. The summed E-state index contributed by atoms with van der Waals surface area (Å²) in [4.78, 5) is 12.3. The Morgan fingerprint density at radius 1 is 1.14 bits per heavy atom. The summed E-state index contributed by atoms with van der Waals surface area (Å²) in [5, 5.41) is 6.23. The van der Waals surface area contributed by atoms with Gasteiger partial charge < -0.3 is 10.6 Å². The Labute approximate surface area is 168 Å². The van der Waals surface area contributed by atoms with E-state index in [4.69, 9.17) is 0 Å². The molecule has 1 heterocycles. The van der Waals surface area contributed by atoms with E-state index in [2.05, 4.69) is 16.7 Å². The minimum absolute atomic E-state index is 0. The van der Waals surface area contributed by atoms with Crippen LogP contribution < -0.4 is 10.6 Å². The van der Waals surface area contributed by atoms with Crippen molar-refractivity contribution in [1.29, 1.82) is 0 Å². The van der Waals surface area contributed by atoms with Crippen molar-refractivity contribution in [3.63, 3.8) is 0 Å². The quantitative estimate of drug-likeness (QED) is 0.739. The second kappa shape index (κ2) is 9.45. The first kappa shape index (κ1) is 22.3. The molecule has 1 aliphatic heterocycles. The lowest BCUT2D eigenvalue weighted by Gasteiger charge is -2.27. The van der Waals surface area contributed by atoms with Crippen LogP contribution in [0.25, 0.3) is 0 Å². The Balaban J connectivity index is 0.00000280. The van der Waals surface area contributed by atoms with Gasteiger partial charge in [-0.2, -0.15) is 8.78 Å². The van der Waals surface area contributed by atoms with Crippen molar-refractivity contribution in [3.05, 3.63) is 70.8 Å². The van der Waals surface area contributed by atoms with Gasteiger partial charge in [-0.3, -0.25) is 4.79 Å². The molecule has 0 aliphatic carbocycles. The number of halogens is 3. The molecule has 0 saturated heterocycles. The number of hydrogen-bond donors (Lipinski definition) is 2. The van der Waals surface area contributed by atoms with Crippen LogP contribution in [0.4, 0.5) is 8.78 Å². The van der Waals surface area contributed by atoms with E-state index in [1.165, 1.54) is 29.8 Å². The Bertz CT molecular complexity index is 921. The molecule has 2 aromatic carbocycles. The Kier molecular flexibility index (Phi) is 7.51. The monoisotopic (exact) mass is 430 g/mol. The maximum Gasteiger partial charge on any atom is 0.337 e. The lowest BCUT2D eigenvalue weighted by atomic mass is 9.94. The van der Waals surface area contributed by atoms with E-state index in [1.54, 1.807) is 0 Å². The lowest BCUT2D eigenvalue weighted by molar-refractivity contribution is 0.0949. The maximum absolute atomic E-state index is 12.4. The average molecular weight is 431 g/mol. The molecule has 0 bridgehead atoms. The molecule has 28 heavy (non-hydrogen) atoms.